The van der Waals surface area contributed by atoms with Crippen LogP contribution in [0.25, 0.3) is 0 Å². The van der Waals surface area contributed by atoms with Crippen LogP contribution in [0.15, 0.2) is 17.2 Å². The third kappa shape index (κ3) is 5.05. The normalized spacial score (nSPS) is 10.4. The van der Waals surface area contributed by atoms with Crippen molar-refractivity contribution < 1.29 is 18.9 Å². The van der Waals surface area contributed by atoms with Crippen LogP contribution >= 0.6 is 12.2 Å². The van der Waals surface area contributed by atoms with Crippen LogP contribution in [0.3, 0.4) is 0 Å². The molecular formula is C14H21N3O4S. The van der Waals surface area contributed by atoms with Crippen molar-refractivity contribution in [3.05, 3.63) is 17.7 Å². The van der Waals surface area contributed by atoms with E-state index in [2.05, 4.69) is 15.8 Å². The Kier molecular flexibility index (Phi) is 8.01. The van der Waals surface area contributed by atoms with Crippen LogP contribution in [-0.4, -0.2) is 52.9 Å². The summed E-state index contributed by atoms with van der Waals surface area (Å²) in [7, 11) is 6.30. The van der Waals surface area contributed by atoms with Crippen molar-refractivity contribution in [2.75, 3.05) is 41.6 Å². The number of nitrogens with one attached hydrogen (secondary N) is 2. The summed E-state index contributed by atoms with van der Waals surface area (Å²) in [6.45, 7) is 1.17. The van der Waals surface area contributed by atoms with E-state index in [0.29, 0.717) is 35.5 Å². The molecule has 0 bridgehead atoms. The minimum absolute atomic E-state index is 0.410. The molecule has 122 valence electrons. The molecule has 0 saturated carbocycles. The summed E-state index contributed by atoms with van der Waals surface area (Å²) in [5, 5.41) is 7.42. The molecule has 0 amide bonds. The first kappa shape index (κ1) is 18.0. The fourth-order valence-corrected chi connectivity index (χ4v) is 1.85. The van der Waals surface area contributed by atoms with E-state index in [1.807, 2.05) is 6.07 Å². The van der Waals surface area contributed by atoms with E-state index in [1.165, 1.54) is 0 Å². The molecule has 1 aromatic rings. The number of hydrogen-bond acceptors (Lipinski definition) is 6. The number of rotatable bonds is 8. The monoisotopic (exact) mass is 327 g/mol. The van der Waals surface area contributed by atoms with Gasteiger partial charge in [0.2, 0.25) is 5.75 Å². The molecule has 1 rings (SSSR count). The lowest BCUT2D eigenvalue weighted by Gasteiger charge is -2.13. The van der Waals surface area contributed by atoms with Crippen LogP contribution in [0.4, 0.5) is 0 Å². The number of thiocarbonyl (C=S) groups is 1. The van der Waals surface area contributed by atoms with Gasteiger partial charge in [-0.05, 0) is 24.4 Å². The van der Waals surface area contributed by atoms with Crippen LogP contribution in [0.5, 0.6) is 17.2 Å². The van der Waals surface area contributed by atoms with E-state index < -0.39 is 0 Å². The summed E-state index contributed by atoms with van der Waals surface area (Å²) < 4.78 is 20.8. The Morgan fingerprint density at radius 2 is 1.86 bits per heavy atom. The molecular weight excluding hydrogens is 306 g/mol. The lowest BCUT2D eigenvalue weighted by atomic mass is 10.2. The van der Waals surface area contributed by atoms with Gasteiger partial charge in [-0.2, -0.15) is 5.10 Å². The predicted molar refractivity (Wildman–Crippen MR) is 89.3 cm³/mol. The first-order valence-corrected chi connectivity index (χ1v) is 6.93. The van der Waals surface area contributed by atoms with Crippen LogP contribution in [0.2, 0.25) is 0 Å². The molecule has 0 aliphatic carbocycles. The number of hydrazone groups is 1. The van der Waals surface area contributed by atoms with Crippen molar-refractivity contribution in [1.29, 1.82) is 0 Å². The van der Waals surface area contributed by atoms with Gasteiger partial charge in [-0.25, -0.2) is 0 Å². The van der Waals surface area contributed by atoms with Gasteiger partial charge >= 0.3 is 0 Å². The molecule has 0 aliphatic heterocycles. The highest BCUT2D eigenvalue weighted by Gasteiger charge is 2.14. The Balaban J connectivity index is 2.76. The van der Waals surface area contributed by atoms with Crippen molar-refractivity contribution in [3.8, 4) is 17.2 Å². The summed E-state index contributed by atoms with van der Waals surface area (Å²) in [5.41, 5.74) is 3.44. The molecule has 0 atom stereocenters. The zero-order valence-electron chi connectivity index (χ0n) is 13.1. The van der Waals surface area contributed by atoms with Gasteiger partial charge in [0, 0.05) is 19.2 Å². The molecule has 0 radical (unpaired) electrons. The quantitative estimate of drug-likeness (QED) is 0.321. The largest absolute Gasteiger partial charge is 0.493 e. The van der Waals surface area contributed by atoms with E-state index in [-0.39, 0.29) is 0 Å². The van der Waals surface area contributed by atoms with Crippen LogP contribution < -0.4 is 25.0 Å². The van der Waals surface area contributed by atoms with Gasteiger partial charge in [-0.15, -0.1) is 0 Å². The topological polar surface area (TPSA) is 73.3 Å². The third-order valence-electron chi connectivity index (χ3n) is 2.70. The highest BCUT2D eigenvalue weighted by molar-refractivity contribution is 7.80. The Morgan fingerprint density at radius 1 is 1.14 bits per heavy atom. The predicted octanol–water partition coefficient (Wildman–Crippen LogP) is 1.16. The summed E-state index contributed by atoms with van der Waals surface area (Å²) in [5.74, 6) is 1.63. The first-order chi connectivity index (χ1) is 10.7. The van der Waals surface area contributed by atoms with Crippen LogP contribution in [0.1, 0.15) is 5.56 Å². The zero-order valence-corrected chi connectivity index (χ0v) is 14.0. The molecule has 8 heteroatoms. The maximum absolute atomic E-state index is 5.36. The highest BCUT2D eigenvalue weighted by Crippen LogP contribution is 2.38. The average Bonchev–Trinajstić information content (AvgIpc) is 2.54. The minimum atomic E-state index is 0.410. The molecule has 1 aromatic carbocycles. The van der Waals surface area contributed by atoms with Gasteiger partial charge in [-0.1, -0.05) is 0 Å². The van der Waals surface area contributed by atoms with Gasteiger partial charge in [0.05, 0.1) is 34.2 Å². The maximum atomic E-state index is 5.36. The number of ether oxygens (including phenoxy) is 4. The smallest absolute Gasteiger partial charge is 0.203 e. The second-order valence-corrected chi connectivity index (χ2v) is 4.45. The fraction of sp³-hybridized carbons (Fsp3) is 0.429. The minimum Gasteiger partial charge on any atom is -0.493 e. The van der Waals surface area contributed by atoms with Crippen molar-refractivity contribution in [2.45, 2.75) is 0 Å². The summed E-state index contributed by atoms with van der Waals surface area (Å²) >= 11 is 5.06. The molecule has 0 aromatic heterocycles. The van der Waals surface area contributed by atoms with Crippen molar-refractivity contribution in [2.24, 2.45) is 5.10 Å². The molecule has 0 fully saturated rings. The van der Waals surface area contributed by atoms with E-state index in [9.17, 15) is 0 Å². The van der Waals surface area contributed by atoms with Gasteiger partial charge < -0.3 is 24.3 Å². The maximum Gasteiger partial charge on any atom is 0.203 e. The second kappa shape index (κ2) is 9.80. The Labute approximate surface area is 135 Å². The first-order valence-electron chi connectivity index (χ1n) is 6.52. The standard InChI is InChI=1S/C14H21N3O4S/c1-18-8-7-15-14(22)17-16-9-10-5-6-11(19-2)13(21-4)12(10)20-3/h5-6,9H,7-8H2,1-4H3,(H2,15,17,22). The van der Waals surface area contributed by atoms with E-state index in [1.54, 1.807) is 40.7 Å². The lowest BCUT2D eigenvalue weighted by Crippen LogP contribution is -2.34. The summed E-state index contributed by atoms with van der Waals surface area (Å²) in [6, 6.07) is 3.59. The molecule has 2 N–H and O–H groups in total. The average molecular weight is 327 g/mol. The van der Waals surface area contributed by atoms with Crippen molar-refractivity contribution in [3.63, 3.8) is 0 Å². The fourth-order valence-electron chi connectivity index (χ4n) is 1.69. The van der Waals surface area contributed by atoms with E-state index in [4.69, 9.17) is 31.2 Å². The molecule has 0 spiro atoms. The lowest BCUT2D eigenvalue weighted by molar-refractivity contribution is 0.204. The number of benzene rings is 1. The number of methoxy groups -OCH3 is 4. The van der Waals surface area contributed by atoms with Gasteiger partial charge in [0.25, 0.3) is 0 Å². The van der Waals surface area contributed by atoms with Crippen molar-refractivity contribution in [1.82, 2.24) is 10.7 Å². The molecule has 0 heterocycles. The van der Waals surface area contributed by atoms with Crippen LogP contribution in [-0.2, 0) is 4.74 Å². The molecule has 22 heavy (non-hydrogen) atoms. The van der Waals surface area contributed by atoms with E-state index in [0.717, 1.165) is 5.56 Å². The van der Waals surface area contributed by atoms with Gasteiger partial charge in [-0.3, -0.25) is 5.43 Å². The third-order valence-corrected chi connectivity index (χ3v) is 2.93. The van der Waals surface area contributed by atoms with Crippen molar-refractivity contribution >= 4 is 23.5 Å². The Morgan fingerprint density at radius 3 is 2.45 bits per heavy atom. The number of hydrogen-bond donors (Lipinski definition) is 2. The molecule has 0 unspecified atom stereocenters. The second-order valence-electron chi connectivity index (χ2n) is 4.04. The van der Waals surface area contributed by atoms with Gasteiger partial charge in [0.1, 0.15) is 0 Å². The number of nitrogens with zero attached hydrogens (tertiary/aromatic N) is 1. The molecule has 0 aliphatic rings. The van der Waals surface area contributed by atoms with Gasteiger partial charge in [0.15, 0.2) is 16.6 Å². The highest BCUT2D eigenvalue weighted by atomic mass is 32.1. The molecule has 7 nitrogen and oxygen atoms in total. The summed E-state index contributed by atoms with van der Waals surface area (Å²) in [4.78, 5) is 0. The Bertz CT molecular complexity index is 523. The van der Waals surface area contributed by atoms with Crippen LogP contribution in [0, 0.1) is 0 Å². The Hall–Kier alpha value is -2.06. The molecule has 0 saturated heterocycles. The summed E-state index contributed by atoms with van der Waals surface area (Å²) in [6.07, 6.45) is 1.59. The zero-order chi connectivity index (χ0) is 16.4. The van der Waals surface area contributed by atoms with E-state index >= 15 is 0 Å². The SMILES string of the molecule is COCCNC(=S)NN=Cc1ccc(OC)c(OC)c1OC.